The summed E-state index contributed by atoms with van der Waals surface area (Å²) in [5, 5.41) is 2.81. The number of aromatic nitrogens is 1. The van der Waals surface area contributed by atoms with Gasteiger partial charge in [0.2, 0.25) is 5.91 Å². The van der Waals surface area contributed by atoms with Gasteiger partial charge >= 0.3 is 0 Å². The molecule has 1 aliphatic heterocycles. The molecule has 1 amide bonds. The van der Waals surface area contributed by atoms with Gasteiger partial charge in [-0.1, -0.05) is 24.3 Å². The lowest BCUT2D eigenvalue weighted by Crippen LogP contribution is -2.32. The van der Waals surface area contributed by atoms with Crippen LogP contribution in [0.2, 0.25) is 0 Å². The molecule has 0 saturated heterocycles. The zero-order valence-electron chi connectivity index (χ0n) is 10.4. The molecule has 1 N–H and O–H groups in total. The molecule has 2 heterocycles. The van der Waals surface area contributed by atoms with Crippen molar-refractivity contribution in [3.63, 3.8) is 0 Å². The van der Waals surface area contributed by atoms with Crippen LogP contribution in [0.5, 0.6) is 5.75 Å². The Balaban J connectivity index is 1.70. The summed E-state index contributed by atoms with van der Waals surface area (Å²) in [4.78, 5) is 16.2. The molecule has 1 aromatic heterocycles. The minimum absolute atomic E-state index is 0.0480. The number of nitrogens with zero attached hydrogens (tertiary/aromatic N) is 1. The first-order valence-electron chi connectivity index (χ1n) is 6.25. The van der Waals surface area contributed by atoms with Crippen molar-refractivity contribution in [3.05, 3.63) is 54.2 Å². The molecule has 4 nitrogen and oxygen atoms in total. The average Bonchev–Trinajstić information content (AvgIpc) is 2.48. The number of nitrogens with one attached hydrogen (secondary N) is 1. The zero-order valence-corrected chi connectivity index (χ0v) is 10.4. The second-order valence-electron chi connectivity index (χ2n) is 4.52. The van der Waals surface area contributed by atoms with E-state index >= 15 is 0 Å². The highest BCUT2D eigenvalue weighted by Crippen LogP contribution is 2.27. The molecule has 0 fully saturated rings. The predicted octanol–water partition coefficient (Wildman–Crippen LogP) is 2.27. The number of benzene rings is 1. The fourth-order valence-electron chi connectivity index (χ4n) is 2.16. The highest BCUT2D eigenvalue weighted by atomic mass is 16.5. The molecular weight excluding hydrogens is 240 g/mol. The molecule has 19 heavy (non-hydrogen) atoms. The summed E-state index contributed by atoms with van der Waals surface area (Å²) in [6, 6.07) is 13.3. The number of para-hydroxylation sites is 1. The lowest BCUT2D eigenvalue weighted by atomic mass is 9.96. The van der Waals surface area contributed by atoms with Crippen molar-refractivity contribution in [1.82, 2.24) is 4.98 Å². The van der Waals surface area contributed by atoms with Crippen LogP contribution in [0.3, 0.4) is 0 Å². The highest BCUT2D eigenvalue weighted by molar-refractivity contribution is 5.92. The van der Waals surface area contributed by atoms with Gasteiger partial charge in [-0.25, -0.2) is 4.98 Å². The van der Waals surface area contributed by atoms with Gasteiger partial charge in [-0.3, -0.25) is 4.79 Å². The van der Waals surface area contributed by atoms with Gasteiger partial charge in [0.25, 0.3) is 0 Å². The van der Waals surface area contributed by atoms with Gasteiger partial charge in [-0.2, -0.15) is 0 Å². The van der Waals surface area contributed by atoms with Gasteiger partial charge in [-0.15, -0.1) is 0 Å². The van der Waals surface area contributed by atoms with E-state index in [0.29, 0.717) is 18.8 Å². The van der Waals surface area contributed by atoms with Gasteiger partial charge in [0, 0.05) is 6.20 Å². The zero-order chi connectivity index (χ0) is 13.1. The van der Waals surface area contributed by atoms with E-state index in [0.717, 1.165) is 11.3 Å². The average molecular weight is 254 g/mol. The smallest absolute Gasteiger partial charge is 0.232 e. The highest BCUT2D eigenvalue weighted by Gasteiger charge is 2.25. The molecule has 0 saturated carbocycles. The second-order valence-corrected chi connectivity index (χ2v) is 4.52. The van der Waals surface area contributed by atoms with Crippen LogP contribution in [0.15, 0.2) is 48.7 Å². The minimum atomic E-state index is -0.170. The first-order chi connectivity index (χ1) is 9.33. The fourth-order valence-corrected chi connectivity index (χ4v) is 2.16. The summed E-state index contributed by atoms with van der Waals surface area (Å²) in [6.45, 7) is 0.412. The van der Waals surface area contributed by atoms with E-state index in [9.17, 15) is 4.79 Å². The molecule has 0 spiro atoms. The third-order valence-electron chi connectivity index (χ3n) is 3.17. The molecular formula is C15H14N2O2. The molecule has 1 atom stereocenters. The Morgan fingerprint density at radius 2 is 2.05 bits per heavy atom. The number of rotatable bonds is 2. The van der Waals surface area contributed by atoms with Crippen LogP contribution >= 0.6 is 0 Å². The third kappa shape index (κ3) is 2.57. The van der Waals surface area contributed by atoms with Gasteiger partial charge < -0.3 is 10.1 Å². The summed E-state index contributed by atoms with van der Waals surface area (Å²) < 4.78 is 5.61. The summed E-state index contributed by atoms with van der Waals surface area (Å²) in [6.07, 6.45) is 2.36. The molecule has 4 heteroatoms. The van der Waals surface area contributed by atoms with Crippen LogP contribution in [0.4, 0.5) is 5.82 Å². The summed E-state index contributed by atoms with van der Waals surface area (Å²) in [5.74, 6) is 1.24. The number of ether oxygens (including phenoxy) is 1. The van der Waals surface area contributed by atoms with Crippen molar-refractivity contribution in [2.24, 2.45) is 5.92 Å². The van der Waals surface area contributed by atoms with Gasteiger partial charge in [0.05, 0.1) is 5.92 Å². The van der Waals surface area contributed by atoms with E-state index in [2.05, 4.69) is 10.3 Å². The summed E-state index contributed by atoms with van der Waals surface area (Å²) in [5.41, 5.74) is 1.08. The molecule has 0 bridgehead atoms. The Hall–Kier alpha value is -2.36. The van der Waals surface area contributed by atoms with Crippen LogP contribution < -0.4 is 10.1 Å². The maximum atomic E-state index is 12.1. The first-order valence-corrected chi connectivity index (χ1v) is 6.25. The van der Waals surface area contributed by atoms with Crippen LogP contribution in [-0.2, 0) is 11.2 Å². The lowest BCUT2D eigenvalue weighted by molar-refractivity contribution is -0.121. The molecule has 3 rings (SSSR count). The maximum Gasteiger partial charge on any atom is 0.232 e. The second kappa shape index (κ2) is 5.10. The Morgan fingerprint density at radius 3 is 2.89 bits per heavy atom. The molecule has 0 aliphatic carbocycles. The molecule has 0 radical (unpaired) electrons. The largest absolute Gasteiger partial charge is 0.492 e. The molecule has 1 unspecified atom stereocenters. The summed E-state index contributed by atoms with van der Waals surface area (Å²) >= 11 is 0. The Labute approximate surface area is 111 Å². The standard InChI is InChI=1S/C15H14N2O2/c18-15(17-14-7-3-4-8-16-14)12-9-11-5-1-2-6-13(11)19-10-12/h1-8,12H,9-10H2,(H,16,17,18). The van der Waals surface area contributed by atoms with Gasteiger partial charge in [0.1, 0.15) is 18.2 Å². The normalized spacial score (nSPS) is 17.2. The number of amides is 1. The Morgan fingerprint density at radius 1 is 1.21 bits per heavy atom. The van der Waals surface area contributed by atoms with E-state index < -0.39 is 0 Å². The van der Waals surface area contributed by atoms with Gasteiger partial charge in [-0.05, 0) is 30.2 Å². The minimum Gasteiger partial charge on any atom is -0.492 e. The van der Waals surface area contributed by atoms with E-state index in [-0.39, 0.29) is 11.8 Å². The number of anilines is 1. The van der Waals surface area contributed by atoms with Gasteiger partial charge in [0.15, 0.2) is 0 Å². The third-order valence-corrected chi connectivity index (χ3v) is 3.17. The maximum absolute atomic E-state index is 12.1. The van der Waals surface area contributed by atoms with E-state index in [4.69, 9.17) is 4.74 Å². The van der Waals surface area contributed by atoms with Crippen LogP contribution in [0, 0.1) is 5.92 Å². The Kier molecular flexibility index (Phi) is 3.14. The molecule has 1 aromatic carbocycles. The van der Waals surface area contributed by atoms with Crippen molar-refractivity contribution in [1.29, 1.82) is 0 Å². The van der Waals surface area contributed by atoms with Crippen LogP contribution in [0.25, 0.3) is 0 Å². The number of fused-ring (bicyclic) bond motifs is 1. The fraction of sp³-hybridized carbons (Fsp3) is 0.200. The number of pyridine rings is 1. The van der Waals surface area contributed by atoms with Crippen LogP contribution in [0.1, 0.15) is 5.56 Å². The number of hydrogen-bond donors (Lipinski definition) is 1. The van der Waals surface area contributed by atoms with Crippen molar-refractivity contribution in [3.8, 4) is 5.75 Å². The number of hydrogen-bond acceptors (Lipinski definition) is 3. The van der Waals surface area contributed by atoms with Crippen molar-refractivity contribution in [2.45, 2.75) is 6.42 Å². The Bertz CT molecular complexity index is 584. The number of carbonyl (C=O) groups excluding carboxylic acids is 1. The van der Waals surface area contributed by atoms with E-state index in [1.54, 1.807) is 12.3 Å². The molecule has 1 aliphatic rings. The van der Waals surface area contributed by atoms with Crippen LogP contribution in [-0.4, -0.2) is 17.5 Å². The quantitative estimate of drug-likeness (QED) is 0.894. The predicted molar refractivity (Wildman–Crippen MR) is 72.0 cm³/mol. The van der Waals surface area contributed by atoms with E-state index in [1.807, 2.05) is 36.4 Å². The monoisotopic (exact) mass is 254 g/mol. The SMILES string of the molecule is O=C(Nc1ccccn1)C1COc2ccccc2C1. The summed E-state index contributed by atoms with van der Waals surface area (Å²) in [7, 11) is 0. The lowest BCUT2D eigenvalue weighted by Gasteiger charge is -2.24. The van der Waals surface area contributed by atoms with Crippen molar-refractivity contribution in [2.75, 3.05) is 11.9 Å². The first kappa shape index (κ1) is 11.7. The van der Waals surface area contributed by atoms with E-state index in [1.165, 1.54) is 0 Å². The molecule has 2 aromatic rings. The molecule has 96 valence electrons. The van der Waals surface area contributed by atoms with Crippen molar-refractivity contribution < 1.29 is 9.53 Å². The van der Waals surface area contributed by atoms with Crippen molar-refractivity contribution >= 4 is 11.7 Å². The topological polar surface area (TPSA) is 51.2 Å². The number of carbonyl (C=O) groups is 1.